The van der Waals surface area contributed by atoms with Crippen molar-refractivity contribution in [3.63, 3.8) is 0 Å². The quantitative estimate of drug-likeness (QED) is 0.415. The number of alkyl halides is 1. The fourth-order valence-electron chi connectivity index (χ4n) is 2.59. The van der Waals surface area contributed by atoms with Gasteiger partial charge in [-0.05, 0) is 44.1 Å². The van der Waals surface area contributed by atoms with Gasteiger partial charge in [0.15, 0.2) is 0 Å². The van der Waals surface area contributed by atoms with Gasteiger partial charge in [0.05, 0.1) is 0 Å². The van der Waals surface area contributed by atoms with E-state index in [1.807, 2.05) is 6.92 Å². The summed E-state index contributed by atoms with van der Waals surface area (Å²) in [4.78, 5) is 0. The van der Waals surface area contributed by atoms with E-state index in [1.165, 1.54) is 37.7 Å². The minimum absolute atomic E-state index is 0.276. The van der Waals surface area contributed by atoms with Crippen LogP contribution in [0.15, 0.2) is 35.5 Å². The first kappa shape index (κ1) is 15.2. The summed E-state index contributed by atoms with van der Waals surface area (Å²) in [6.45, 7) is 3.93. The van der Waals surface area contributed by atoms with Crippen LogP contribution in [-0.4, -0.2) is 6.67 Å². The van der Waals surface area contributed by atoms with Crippen LogP contribution in [0.5, 0.6) is 0 Å². The standard InChI is InChI=1S/C17H27F/c1-3-5-9-15(4-2)12-13-17(14-18)16-10-7-6-8-11-16/h3,5,12-13,16H,4,6-11,14H2,1-2H3/b5-3-,15-12+,17-13+. The molecule has 0 aromatic carbocycles. The van der Waals surface area contributed by atoms with Crippen LogP contribution in [0, 0.1) is 5.92 Å². The highest BCUT2D eigenvalue weighted by atomic mass is 19.1. The van der Waals surface area contributed by atoms with E-state index in [4.69, 9.17) is 0 Å². The zero-order valence-electron chi connectivity index (χ0n) is 11.9. The Morgan fingerprint density at radius 3 is 2.44 bits per heavy atom. The van der Waals surface area contributed by atoms with Gasteiger partial charge < -0.3 is 0 Å². The van der Waals surface area contributed by atoms with Gasteiger partial charge in [-0.15, -0.1) is 0 Å². The lowest BCUT2D eigenvalue weighted by molar-refractivity contribution is 0.375. The average Bonchev–Trinajstić information content (AvgIpc) is 2.44. The summed E-state index contributed by atoms with van der Waals surface area (Å²) in [6.07, 6.45) is 16.7. The number of rotatable bonds is 6. The van der Waals surface area contributed by atoms with Gasteiger partial charge in [0.1, 0.15) is 6.67 Å². The molecule has 0 saturated heterocycles. The SMILES string of the molecule is C/C=C\C/C(=C/C=C(\CF)C1CCCCC1)CC. The highest BCUT2D eigenvalue weighted by molar-refractivity contribution is 5.21. The van der Waals surface area contributed by atoms with Crippen molar-refractivity contribution in [2.75, 3.05) is 6.67 Å². The van der Waals surface area contributed by atoms with Gasteiger partial charge in [0.2, 0.25) is 0 Å². The molecule has 0 N–H and O–H groups in total. The second-order valence-electron chi connectivity index (χ2n) is 5.16. The van der Waals surface area contributed by atoms with E-state index in [0.29, 0.717) is 5.92 Å². The number of hydrogen-bond donors (Lipinski definition) is 0. The van der Waals surface area contributed by atoms with E-state index in [9.17, 15) is 4.39 Å². The molecule has 0 radical (unpaired) electrons. The topological polar surface area (TPSA) is 0 Å². The maximum atomic E-state index is 13.1. The molecule has 0 spiro atoms. The second-order valence-corrected chi connectivity index (χ2v) is 5.16. The molecule has 102 valence electrons. The molecule has 0 heterocycles. The molecule has 0 atom stereocenters. The summed E-state index contributed by atoms with van der Waals surface area (Å²) < 4.78 is 13.1. The average molecular weight is 250 g/mol. The lowest BCUT2D eigenvalue weighted by atomic mass is 9.84. The van der Waals surface area contributed by atoms with Crippen molar-refractivity contribution in [2.24, 2.45) is 5.92 Å². The maximum absolute atomic E-state index is 13.1. The molecule has 1 rings (SSSR count). The fourth-order valence-corrected chi connectivity index (χ4v) is 2.59. The van der Waals surface area contributed by atoms with Crippen molar-refractivity contribution < 1.29 is 4.39 Å². The summed E-state index contributed by atoms with van der Waals surface area (Å²) >= 11 is 0. The zero-order chi connectivity index (χ0) is 13.2. The summed E-state index contributed by atoms with van der Waals surface area (Å²) in [5, 5.41) is 0. The van der Waals surface area contributed by atoms with Gasteiger partial charge in [-0.2, -0.15) is 0 Å². The van der Waals surface area contributed by atoms with Crippen LogP contribution in [0.3, 0.4) is 0 Å². The normalized spacial score (nSPS) is 19.7. The third-order valence-electron chi connectivity index (χ3n) is 3.89. The Bertz CT molecular complexity index is 304. The first-order valence-corrected chi connectivity index (χ1v) is 7.37. The Morgan fingerprint density at radius 2 is 1.89 bits per heavy atom. The summed E-state index contributed by atoms with van der Waals surface area (Å²) in [7, 11) is 0. The minimum atomic E-state index is -0.276. The third kappa shape index (κ3) is 5.20. The Kier molecular flexibility index (Phi) is 7.71. The minimum Gasteiger partial charge on any atom is -0.246 e. The highest BCUT2D eigenvalue weighted by Crippen LogP contribution is 2.30. The van der Waals surface area contributed by atoms with Gasteiger partial charge in [-0.1, -0.05) is 56.1 Å². The first-order valence-electron chi connectivity index (χ1n) is 7.37. The van der Waals surface area contributed by atoms with Crippen LogP contribution in [0.25, 0.3) is 0 Å². The zero-order valence-corrected chi connectivity index (χ0v) is 11.9. The molecule has 0 aromatic rings. The third-order valence-corrected chi connectivity index (χ3v) is 3.89. The summed E-state index contributed by atoms with van der Waals surface area (Å²) in [5.74, 6) is 0.500. The molecule has 0 amide bonds. The van der Waals surface area contributed by atoms with Gasteiger partial charge in [0, 0.05) is 0 Å². The number of halogens is 1. The molecule has 1 aliphatic carbocycles. The lowest BCUT2D eigenvalue weighted by Gasteiger charge is -2.22. The number of allylic oxidation sites excluding steroid dienone is 6. The molecule has 0 unspecified atom stereocenters. The van der Waals surface area contributed by atoms with E-state index >= 15 is 0 Å². The van der Waals surface area contributed by atoms with Crippen molar-refractivity contribution in [2.45, 2.75) is 58.8 Å². The smallest absolute Gasteiger partial charge is 0.111 e. The molecular formula is C17H27F. The van der Waals surface area contributed by atoms with E-state index < -0.39 is 0 Å². The largest absolute Gasteiger partial charge is 0.246 e. The molecule has 0 bridgehead atoms. The molecule has 1 heteroatoms. The molecular weight excluding hydrogens is 223 g/mol. The maximum Gasteiger partial charge on any atom is 0.111 e. The molecule has 1 saturated carbocycles. The van der Waals surface area contributed by atoms with E-state index in [0.717, 1.165) is 18.4 Å². The monoisotopic (exact) mass is 250 g/mol. The Morgan fingerprint density at radius 1 is 1.17 bits per heavy atom. The van der Waals surface area contributed by atoms with Crippen LogP contribution in [0.2, 0.25) is 0 Å². The Labute approximate surface area is 112 Å². The molecule has 0 aromatic heterocycles. The molecule has 18 heavy (non-hydrogen) atoms. The van der Waals surface area contributed by atoms with E-state index in [-0.39, 0.29) is 6.67 Å². The molecule has 1 aliphatic rings. The highest BCUT2D eigenvalue weighted by Gasteiger charge is 2.16. The van der Waals surface area contributed by atoms with Gasteiger partial charge in [-0.3, -0.25) is 0 Å². The van der Waals surface area contributed by atoms with Gasteiger partial charge >= 0.3 is 0 Å². The molecule has 0 nitrogen and oxygen atoms in total. The molecule has 0 aliphatic heterocycles. The lowest BCUT2D eigenvalue weighted by Crippen LogP contribution is -2.10. The Balaban J connectivity index is 2.66. The fraction of sp³-hybridized carbons (Fsp3) is 0.647. The second kappa shape index (κ2) is 9.13. The molecule has 1 fully saturated rings. The number of hydrogen-bond acceptors (Lipinski definition) is 0. The van der Waals surface area contributed by atoms with Gasteiger partial charge in [0.25, 0.3) is 0 Å². The van der Waals surface area contributed by atoms with Gasteiger partial charge in [-0.25, -0.2) is 4.39 Å². The first-order chi connectivity index (χ1) is 8.81. The van der Waals surface area contributed by atoms with Crippen LogP contribution < -0.4 is 0 Å². The van der Waals surface area contributed by atoms with Crippen molar-refractivity contribution in [1.29, 1.82) is 0 Å². The van der Waals surface area contributed by atoms with Crippen molar-refractivity contribution in [3.05, 3.63) is 35.5 Å². The van der Waals surface area contributed by atoms with Crippen molar-refractivity contribution in [3.8, 4) is 0 Å². The van der Waals surface area contributed by atoms with Crippen LogP contribution in [0.4, 0.5) is 4.39 Å². The summed E-state index contributed by atoms with van der Waals surface area (Å²) in [6, 6.07) is 0. The van der Waals surface area contributed by atoms with Crippen LogP contribution >= 0.6 is 0 Å². The van der Waals surface area contributed by atoms with Crippen molar-refractivity contribution >= 4 is 0 Å². The van der Waals surface area contributed by atoms with E-state index in [2.05, 4.69) is 31.2 Å². The Hall–Kier alpha value is -0.850. The van der Waals surface area contributed by atoms with E-state index in [1.54, 1.807) is 0 Å². The van der Waals surface area contributed by atoms with Crippen LogP contribution in [0.1, 0.15) is 58.8 Å². The summed E-state index contributed by atoms with van der Waals surface area (Å²) in [5.41, 5.74) is 2.40. The van der Waals surface area contributed by atoms with Crippen molar-refractivity contribution in [1.82, 2.24) is 0 Å². The van der Waals surface area contributed by atoms with Crippen LogP contribution in [-0.2, 0) is 0 Å². The predicted molar refractivity (Wildman–Crippen MR) is 78.4 cm³/mol. The predicted octanol–water partition coefficient (Wildman–Crippen LogP) is 5.77.